The van der Waals surface area contributed by atoms with Gasteiger partial charge in [0.2, 0.25) is 0 Å². The number of aromatic carboxylic acids is 1. The molecular weight excluding hydrogens is 334 g/mol. The van der Waals surface area contributed by atoms with Gasteiger partial charge in [-0.2, -0.15) is 0 Å². The molecule has 0 spiro atoms. The second-order valence-corrected chi connectivity index (χ2v) is 5.06. The third-order valence-corrected chi connectivity index (χ3v) is 3.40. The number of benzene rings is 1. The Morgan fingerprint density at radius 1 is 1.45 bits per heavy atom. The number of halogens is 1. The van der Waals surface area contributed by atoms with Crippen LogP contribution in [-0.2, 0) is 0 Å². The molecule has 0 saturated carbocycles. The molecule has 1 rings (SSSR count). The van der Waals surface area contributed by atoms with Crippen LogP contribution in [0.2, 0.25) is 0 Å². The fraction of sp³-hybridized carbons (Fsp3) is 0.417. The molecule has 7 nitrogen and oxygen atoms in total. The number of hydrogen-bond donors (Lipinski definition) is 3. The molecule has 0 bridgehead atoms. The van der Waals surface area contributed by atoms with Crippen molar-refractivity contribution in [3.8, 4) is 0 Å². The van der Waals surface area contributed by atoms with Gasteiger partial charge in [0, 0.05) is 17.0 Å². The molecule has 0 fully saturated rings. The maximum Gasteiger partial charge on any atom is 0.336 e. The van der Waals surface area contributed by atoms with E-state index in [1.54, 1.807) is 0 Å². The smallest absolute Gasteiger partial charge is 0.336 e. The molecular formula is C12H14BrNO6. The van der Waals surface area contributed by atoms with Gasteiger partial charge in [0.05, 0.1) is 16.6 Å². The lowest BCUT2D eigenvalue weighted by Gasteiger charge is -2.18. The lowest BCUT2D eigenvalue weighted by molar-refractivity contribution is -0.385. The van der Waals surface area contributed by atoms with Crippen LogP contribution in [-0.4, -0.2) is 37.6 Å². The quantitative estimate of drug-likeness (QED) is 0.409. The summed E-state index contributed by atoms with van der Waals surface area (Å²) < 4.78 is 0. The molecule has 0 radical (unpaired) electrons. The Bertz CT molecular complexity index is 498. The first-order chi connectivity index (χ1) is 9.29. The van der Waals surface area contributed by atoms with Crippen molar-refractivity contribution in [2.24, 2.45) is 0 Å². The van der Waals surface area contributed by atoms with E-state index in [4.69, 9.17) is 5.11 Å². The maximum absolute atomic E-state index is 11.1. The van der Waals surface area contributed by atoms with Gasteiger partial charge in [0.15, 0.2) is 0 Å². The SMILES string of the molecule is Cc1c(C(=O)O)cc(C(O)C(O)CCBr)cc1[N+](=O)[O-]. The number of nitro benzene ring substituents is 1. The number of nitrogens with zero attached hydrogens (tertiary/aromatic N) is 1. The van der Waals surface area contributed by atoms with E-state index in [2.05, 4.69) is 15.9 Å². The number of aliphatic hydroxyl groups excluding tert-OH is 2. The molecule has 20 heavy (non-hydrogen) atoms. The standard InChI is InChI=1S/C12H14BrNO6/c1-6-8(12(17)18)4-7(5-9(6)14(19)20)11(16)10(15)2-3-13/h4-5,10-11,15-16H,2-3H2,1H3,(H,17,18). The van der Waals surface area contributed by atoms with Gasteiger partial charge in [0.25, 0.3) is 5.69 Å². The van der Waals surface area contributed by atoms with Crippen molar-refractivity contribution in [3.63, 3.8) is 0 Å². The fourth-order valence-electron chi connectivity index (χ4n) is 1.80. The number of carboxylic acids is 1. The van der Waals surface area contributed by atoms with Crippen molar-refractivity contribution in [3.05, 3.63) is 38.9 Å². The average molecular weight is 348 g/mol. The van der Waals surface area contributed by atoms with Crippen LogP contribution in [0.25, 0.3) is 0 Å². The van der Waals surface area contributed by atoms with Gasteiger partial charge in [-0.05, 0) is 25.0 Å². The number of rotatable bonds is 6. The van der Waals surface area contributed by atoms with E-state index in [1.165, 1.54) is 6.92 Å². The predicted molar refractivity (Wildman–Crippen MR) is 74.2 cm³/mol. The molecule has 110 valence electrons. The zero-order valence-electron chi connectivity index (χ0n) is 10.6. The summed E-state index contributed by atoms with van der Waals surface area (Å²) in [4.78, 5) is 21.3. The Hall–Kier alpha value is -1.51. The summed E-state index contributed by atoms with van der Waals surface area (Å²) in [5, 5.41) is 40.0. The highest BCUT2D eigenvalue weighted by molar-refractivity contribution is 9.09. The zero-order valence-corrected chi connectivity index (χ0v) is 12.2. The predicted octanol–water partition coefficient (Wildman–Crippen LogP) is 1.78. The Kier molecular flexibility index (Phi) is 5.61. The summed E-state index contributed by atoms with van der Waals surface area (Å²) in [6.07, 6.45) is -2.30. The molecule has 8 heteroatoms. The van der Waals surface area contributed by atoms with Gasteiger partial charge in [-0.3, -0.25) is 10.1 Å². The lowest BCUT2D eigenvalue weighted by Crippen LogP contribution is -2.19. The molecule has 0 heterocycles. The van der Waals surface area contributed by atoms with E-state index in [9.17, 15) is 25.1 Å². The van der Waals surface area contributed by atoms with Crippen LogP contribution in [0.5, 0.6) is 0 Å². The number of carboxylic acid groups (broad SMARTS) is 1. The first kappa shape index (κ1) is 16.5. The molecule has 2 atom stereocenters. The van der Waals surface area contributed by atoms with E-state index in [0.717, 1.165) is 12.1 Å². The largest absolute Gasteiger partial charge is 0.478 e. The van der Waals surface area contributed by atoms with Gasteiger partial charge in [-0.1, -0.05) is 15.9 Å². The Morgan fingerprint density at radius 2 is 2.05 bits per heavy atom. The molecule has 0 aliphatic heterocycles. The zero-order chi connectivity index (χ0) is 15.4. The fourth-order valence-corrected chi connectivity index (χ4v) is 2.26. The minimum absolute atomic E-state index is 0.00755. The monoisotopic (exact) mass is 347 g/mol. The Morgan fingerprint density at radius 3 is 2.50 bits per heavy atom. The van der Waals surface area contributed by atoms with Gasteiger partial charge in [-0.15, -0.1) is 0 Å². The summed E-state index contributed by atoms with van der Waals surface area (Å²) in [6, 6.07) is 2.23. The number of hydrogen-bond acceptors (Lipinski definition) is 5. The van der Waals surface area contributed by atoms with Crippen molar-refractivity contribution < 1.29 is 25.0 Å². The van der Waals surface area contributed by atoms with Gasteiger partial charge >= 0.3 is 5.97 Å². The maximum atomic E-state index is 11.1. The van der Waals surface area contributed by atoms with Crippen LogP contribution in [0.15, 0.2) is 12.1 Å². The molecule has 0 saturated heterocycles. The van der Waals surface area contributed by atoms with Crippen molar-refractivity contribution in [2.45, 2.75) is 25.6 Å². The highest BCUT2D eigenvalue weighted by Crippen LogP contribution is 2.29. The van der Waals surface area contributed by atoms with E-state index < -0.39 is 28.8 Å². The normalized spacial score (nSPS) is 13.8. The molecule has 0 amide bonds. The molecule has 2 unspecified atom stereocenters. The van der Waals surface area contributed by atoms with E-state index in [-0.39, 0.29) is 23.1 Å². The third kappa shape index (κ3) is 3.53. The number of alkyl halides is 1. The third-order valence-electron chi connectivity index (χ3n) is 2.94. The van der Waals surface area contributed by atoms with Crippen molar-refractivity contribution in [1.29, 1.82) is 0 Å². The molecule has 0 aliphatic carbocycles. The lowest BCUT2D eigenvalue weighted by atomic mass is 9.96. The second-order valence-electron chi connectivity index (χ2n) is 4.26. The van der Waals surface area contributed by atoms with Crippen molar-refractivity contribution in [2.75, 3.05) is 5.33 Å². The van der Waals surface area contributed by atoms with Crippen molar-refractivity contribution in [1.82, 2.24) is 0 Å². The summed E-state index contributed by atoms with van der Waals surface area (Å²) in [5.74, 6) is -1.32. The minimum atomic E-state index is -1.38. The molecule has 0 aromatic heterocycles. The Balaban J connectivity index is 3.34. The highest BCUT2D eigenvalue weighted by Gasteiger charge is 2.25. The molecule has 3 N–H and O–H groups in total. The van der Waals surface area contributed by atoms with Crippen LogP contribution < -0.4 is 0 Å². The number of nitro groups is 1. The summed E-state index contributed by atoms with van der Waals surface area (Å²) in [7, 11) is 0. The summed E-state index contributed by atoms with van der Waals surface area (Å²) in [5.41, 5.74) is -0.647. The average Bonchev–Trinajstić information content (AvgIpc) is 2.37. The second kappa shape index (κ2) is 6.78. The highest BCUT2D eigenvalue weighted by atomic mass is 79.9. The van der Waals surface area contributed by atoms with E-state index in [1.807, 2.05) is 0 Å². The minimum Gasteiger partial charge on any atom is -0.478 e. The van der Waals surface area contributed by atoms with Crippen LogP contribution in [0.4, 0.5) is 5.69 Å². The molecule has 1 aromatic carbocycles. The van der Waals surface area contributed by atoms with Gasteiger partial charge in [-0.25, -0.2) is 4.79 Å². The number of carbonyl (C=O) groups is 1. The molecule has 1 aromatic rings. The first-order valence-electron chi connectivity index (χ1n) is 5.74. The van der Waals surface area contributed by atoms with E-state index >= 15 is 0 Å². The molecule has 0 aliphatic rings. The number of aliphatic hydroxyl groups is 2. The topological polar surface area (TPSA) is 121 Å². The van der Waals surface area contributed by atoms with E-state index in [0.29, 0.717) is 5.33 Å². The Labute approximate surface area is 123 Å². The van der Waals surface area contributed by atoms with Gasteiger partial charge < -0.3 is 15.3 Å². The van der Waals surface area contributed by atoms with Gasteiger partial charge in [0.1, 0.15) is 6.10 Å². The summed E-state index contributed by atoms with van der Waals surface area (Å²) in [6.45, 7) is 1.33. The van der Waals surface area contributed by atoms with Crippen molar-refractivity contribution >= 4 is 27.6 Å². The van der Waals surface area contributed by atoms with Crippen LogP contribution in [0.3, 0.4) is 0 Å². The van der Waals surface area contributed by atoms with Crippen LogP contribution in [0.1, 0.15) is 34.0 Å². The summed E-state index contributed by atoms with van der Waals surface area (Å²) >= 11 is 3.10. The first-order valence-corrected chi connectivity index (χ1v) is 6.86. The van der Waals surface area contributed by atoms with Crippen LogP contribution >= 0.6 is 15.9 Å². The van der Waals surface area contributed by atoms with Crippen LogP contribution in [0, 0.1) is 17.0 Å².